The molecule has 27 heavy (non-hydrogen) atoms. The van der Waals surface area contributed by atoms with Gasteiger partial charge in [-0.1, -0.05) is 31.0 Å². The van der Waals surface area contributed by atoms with Crippen LogP contribution < -0.4 is 0 Å². The summed E-state index contributed by atoms with van der Waals surface area (Å²) in [5.74, 6) is -1.12. The summed E-state index contributed by atoms with van der Waals surface area (Å²) in [5.41, 5.74) is 0.129. The van der Waals surface area contributed by atoms with E-state index in [1.54, 1.807) is 6.07 Å². The van der Waals surface area contributed by atoms with Crippen molar-refractivity contribution < 1.29 is 27.1 Å². The van der Waals surface area contributed by atoms with Crippen LogP contribution in [0, 0.1) is 0 Å². The number of benzene rings is 1. The Kier molecular flexibility index (Phi) is 10.0. The summed E-state index contributed by atoms with van der Waals surface area (Å²) in [4.78, 5) is 0. The molecule has 0 bridgehead atoms. The number of halogens is 3. The minimum Gasteiger partial charge on any atom is -0.371 e. The monoisotopic (exact) mass is 403 g/mol. The van der Waals surface area contributed by atoms with Crippen molar-refractivity contribution >= 4 is 10.5 Å². The molecule has 0 saturated heterocycles. The Bertz CT molecular complexity index is 538. The van der Waals surface area contributed by atoms with Gasteiger partial charge in [-0.05, 0) is 58.6 Å². The SMILES string of the molecule is CC(C)OC(CCCCCCc1cccc(C(F)(F)F)c1)(O[Si])OC(C)C. The molecule has 0 fully saturated rings. The lowest BCUT2D eigenvalue weighted by Crippen LogP contribution is -2.42. The van der Waals surface area contributed by atoms with Crippen molar-refractivity contribution in [3.63, 3.8) is 0 Å². The Morgan fingerprint density at radius 2 is 1.52 bits per heavy atom. The largest absolute Gasteiger partial charge is 0.416 e. The third-order valence-corrected chi connectivity index (χ3v) is 4.25. The first-order valence-electron chi connectivity index (χ1n) is 9.44. The summed E-state index contributed by atoms with van der Waals surface area (Å²) >= 11 is 0. The Morgan fingerprint density at radius 3 is 2.04 bits per heavy atom. The van der Waals surface area contributed by atoms with Gasteiger partial charge in [-0.3, -0.25) is 0 Å². The second kappa shape index (κ2) is 11.2. The van der Waals surface area contributed by atoms with Gasteiger partial charge >= 0.3 is 6.18 Å². The molecule has 7 heteroatoms. The quantitative estimate of drug-likeness (QED) is 0.251. The van der Waals surface area contributed by atoms with E-state index < -0.39 is 17.7 Å². The lowest BCUT2D eigenvalue weighted by molar-refractivity contribution is -0.369. The predicted molar refractivity (Wildman–Crippen MR) is 100 cm³/mol. The average molecular weight is 404 g/mol. The Balaban J connectivity index is 2.42. The van der Waals surface area contributed by atoms with Crippen molar-refractivity contribution in [1.29, 1.82) is 0 Å². The van der Waals surface area contributed by atoms with E-state index in [0.29, 0.717) is 18.4 Å². The highest BCUT2D eigenvalue weighted by molar-refractivity contribution is 5.98. The van der Waals surface area contributed by atoms with E-state index in [1.165, 1.54) is 12.1 Å². The van der Waals surface area contributed by atoms with Crippen LogP contribution in [0.3, 0.4) is 0 Å². The number of aryl methyl sites for hydroxylation is 1. The molecule has 153 valence electrons. The van der Waals surface area contributed by atoms with Crippen molar-refractivity contribution in [2.75, 3.05) is 0 Å². The number of unbranched alkanes of at least 4 members (excludes halogenated alkanes) is 3. The van der Waals surface area contributed by atoms with Crippen LogP contribution >= 0.6 is 0 Å². The molecule has 0 spiro atoms. The molecule has 0 unspecified atom stereocenters. The summed E-state index contributed by atoms with van der Waals surface area (Å²) < 4.78 is 55.2. The summed E-state index contributed by atoms with van der Waals surface area (Å²) in [6, 6.07) is 5.54. The van der Waals surface area contributed by atoms with Gasteiger partial charge in [0.05, 0.1) is 17.8 Å². The molecule has 3 nitrogen and oxygen atoms in total. The van der Waals surface area contributed by atoms with E-state index >= 15 is 0 Å². The average Bonchev–Trinajstić information content (AvgIpc) is 2.56. The van der Waals surface area contributed by atoms with E-state index in [9.17, 15) is 13.2 Å². The Hall–Kier alpha value is -0.893. The van der Waals surface area contributed by atoms with Gasteiger partial charge in [0, 0.05) is 6.42 Å². The van der Waals surface area contributed by atoms with E-state index in [2.05, 4.69) is 10.5 Å². The molecule has 0 heterocycles. The van der Waals surface area contributed by atoms with Gasteiger partial charge in [-0.15, -0.1) is 0 Å². The van der Waals surface area contributed by atoms with Gasteiger partial charge in [-0.2, -0.15) is 13.2 Å². The van der Waals surface area contributed by atoms with Crippen molar-refractivity contribution in [2.24, 2.45) is 0 Å². The van der Waals surface area contributed by atoms with Crippen LogP contribution in [-0.2, 0) is 26.5 Å². The molecule has 0 aliphatic carbocycles. The molecular formula is C20H30F3O3Si. The first-order valence-corrected chi connectivity index (χ1v) is 9.85. The highest BCUT2D eigenvalue weighted by Crippen LogP contribution is 2.30. The minimum absolute atomic E-state index is 0.0546. The first kappa shape index (κ1) is 24.1. The lowest BCUT2D eigenvalue weighted by atomic mass is 10.0. The van der Waals surface area contributed by atoms with Crippen LogP contribution in [0.25, 0.3) is 0 Å². The zero-order chi connectivity index (χ0) is 20.5. The maximum absolute atomic E-state index is 12.7. The smallest absolute Gasteiger partial charge is 0.371 e. The van der Waals surface area contributed by atoms with Crippen LogP contribution in [0.1, 0.15) is 70.9 Å². The van der Waals surface area contributed by atoms with E-state index in [4.69, 9.17) is 13.9 Å². The Labute approximate surface area is 164 Å². The van der Waals surface area contributed by atoms with Gasteiger partial charge in [0.2, 0.25) is 0 Å². The van der Waals surface area contributed by atoms with Crippen LogP contribution in [0.2, 0.25) is 0 Å². The third-order valence-electron chi connectivity index (χ3n) is 3.94. The highest BCUT2D eigenvalue weighted by Gasteiger charge is 2.34. The molecule has 0 saturated carbocycles. The van der Waals surface area contributed by atoms with Crippen molar-refractivity contribution in [1.82, 2.24) is 0 Å². The standard InChI is InChI=1S/C20H30F3O3Si/c1-15(2)24-19(26-27,25-16(3)4)13-8-6-5-7-10-17-11-9-12-18(14-17)20(21,22)23/h9,11-12,14-16H,5-8,10,13H2,1-4H3. The van der Waals surface area contributed by atoms with Crippen molar-refractivity contribution in [3.8, 4) is 0 Å². The summed E-state index contributed by atoms with van der Waals surface area (Å²) in [6.07, 6.45) is 0.289. The van der Waals surface area contributed by atoms with Crippen LogP contribution in [0.15, 0.2) is 24.3 Å². The maximum atomic E-state index is 12.7. The molecule has 1 aromatic rings. The lowest BCUT2D eigenvalue weighted by Gasteiger charge is -2.35. The molecule has 0 aliphatic rings. The Morgan fingerprint density at radius 1 is 0.926 bits per heavy atom. The number of hydrogen-bond acceptors (Lipinski definition) is 3. The zero-order valence-electron chi connectivity index (χ0n) is 16.6. The number of rotatable bonds is 12. The van der Waals surface area contributed by atoms with E-state index in [0.717, 1.165) is 31.7 Å². The molecule has 1 rings (SSSR count). The van der Waals surface area contributed by atoms with Gasteiger partial charge < -0.3 is 13.9 Å². The zero-order valence-corrected chi connectivity index (χ0v) is 17.6. The minimum atomic E-state index is -4.29. The topological polar surface area (TPSA) is 27.7 Å². The summed E-state index contributed by atoms with van der Waals surface area (Å²) in [7, 11) is 3.08. The molecule has 0 N–H and O–H groups in total. The summed E-state index contributed by atoms with van der Waals surface area (Å²) in [5, 5.41) is 0. The van der Waals surface area contributed by atoms with Gasteiger partial charge in [-0.25, -0.2) is 0 Å². The molecule has 0 aromatic heterocycles. The first-order chi connectivity index (χ1) is 12.6. The van der Waals surface area contributed by atoms with Crippen LogP contribution in [0.4, 0.5) is 13.2 Å². The fraction of sp³-hybridized carbons (Fsp3) is 0.700. The molecule has 1 aromatic carbocycles. The molecule has 0 aliphatic heterocycles. The maximum Gasteiger partial charge on any atom is 0.416 e. The predicted octanol–water partition coefficient (Wildman–Crippen LogP) is 5.80. The number of ether oxygens (including phenoxy) is 2. The van der Waals surface area contributed by atoms with Gasteiger partial charge in [0.15, 0.2) is 0 Å². The normalized spacial score (nSPS) is 13.0. The second-order valence-electron chi connectivity index (χ2n) is 7.23. The number of alkyl halides is 3. The highest BCUT2D eigenvalue weighted by atomic mass is 28.2. The molecule has 0 amide bonds. The van der Waals surface area contributed by atoms with E-state index in [-0.39, 0.29) is 12.2 Å². The third kappa shape index (κ3) is 9.23. The van der Waals surface area contributed by atoms with Crippen LogP contribution in [0.5, 0.6) is 0 Å². The van der Waals surface area contributed by atoms with Gasteiger partial charge in [0.1, 0.15) is 0 Å². The van der Waals surface area contributed by atoms with Crippen LogP contribution in [-0.4, -0.2) is 28.7 Å². The fourth-order valence-electron chi connectivity index (χ4n) is 2.89. The fourth-order valence-corrected chi connectivity index (χ4v) is 3.09. The van der Waals surface area contributed by atoms with Crippen molar-refractivity contribution in [2.45, 2.75) is 90.6 Å². The summed E-state index contributed by atoms with van der Waals surface area (Å²) in [6.45, 7) is 7.66. The molecular weight excluding hydrogens is 373 g/mol. The van der Waals surface area contributed by atoms with Gasteiger partial charge in [0.25, 0.3) is 16.5 Å². The number of hydrogen-bond donors (Lipinski definition) is 0. The second-order valence-corrected chi connectivity index (χ2v) is 7.43. The van der Waals surface area contributed by atoms with Crippen molar-refractivity contribution in [3.05, 3.63) is 35.4 Å². The molecule has 3 radical (unpaired) electrons. The molecule has 0 atom stereocenters. The van der Waals surface area contributed by atoms with E-state index in [1.807, 2.05) is 27.7 Å².